The number of hydrogen-bond acceptors (Lipinski definition) is 3. The first-order valence-electron chi connectivity index (χ1n) is 6.88. The number of nitrogens with zero attached hydrogens (tertiary/aromatic N) is 1. The smallest absolute Gasteiger partial charge is 0.245 e. The Morgan fingerprint density at radius 2 is 1.89 bits per heavy atom. The minimum Gasteiger partial charge on any atom is -0.384 e. The molecule has 1 fully saturated rings. The van der Waals surface area contributed by atoms with Gasteiger partial charge in [-0.1, -0.05) is 25.0 Å². The van der Waals surface area contributed by atoms with E-state index in [4.69, 9.17) is 0 Å². The summed E-state index contributed by atoms with van der Waals surface area (Å²) in [5, 5.41) is 3.12. The molecule has 0 atom stereocenters. The van der Waals surface area contributed by atoms with Crippen molar-refractivity contribution in [3.63, 3.8) is 0 Å². The van der Waals surface area contributed by atoms with Crippen LogP contribution in [0.15, 0.2) is 29.2 Å². The highest BCUT2D eigenvalue weighted by molar-refractivity contribution is 7.89. The Morgan fingerprint density at radius 3 is 2.53 bits per heavy atom. The van der Waals surface area contributed by atoms with Gasteiger partial charge in [-0.2, -0.15) is 4.31 Å². The summed E-state index contributed by atoms with van der Waals surface area (Å²) < 4.78 is 27.0. The van der Waals surface area contributed by atoms with Gasteiger partial charge in [0.1, 0.15) is 4.90 Å². The molecular weight excluding hydrogens is 260 g/mol. The van der Waals surface area contributed by atoms with Gasteiger partial charge in [-0.25, -0.2) is 8.42 Å². The Kier molecular flexibility index (Phi) is 4.47. The van der Waals surface area contributed by atoms with Gasteiger partial charge in [0.05, 0.1) is 5.69 Å². The minimum atomic E-state index is -3.40. The maximum Gasteiger partial charge on any atom is 0.245 e. The van der Waals surface area contributed by atoms with Crippen LogP contribution in [0.1, 0.15) is 32.6 Å². The third-order valence-corrected chi connectivity index (χ3v) is 5.72. The number of anilines is 1. The second-order valence-electron chi connectivity index (χ2n) is 4.99. The Labute approximate surface area is 115 Å². The lowest BCUT2D eigenvalue weighted by atomic mass is 10.3. The number of sulfonamides is 1. The lowest BCUT2D eigenvalue weighted by molar-refractivity contribution is 0.373. The van der Waals surface area contributed by atoms with Gasteiger partial charge in [0.25, 0.3) is 0 Å². The van der Waals surface area contributed by atoms with Crippen molar-refractivity contribution in [2.45, 2.75) is 43.5 Å². The molecule has 0 heterocycles. The van der Waals surface area contributed by atoms with Gasteiger partial charge in [0.15, 0.2) is 0 Å². The highest BCUT2D eigenvalue weighted by Gasteiger charge is 2.31. The van der Waals surface area contributed by atoms with Gasteiger partial charge >= 0.3 is 0 Å². The number of nitrogens with one attached hydrogen (secondary N) is 1. The second-order valence-corrected chi connectivity index (χ2v) is 6.95. The van der Waals surface area contributed by atoms with Gasteiger partial charge in [-0.05, 0) is 31.9 Å². The van der Waals surface area contributed by atoms with Crippen molar-refractivity contribution in [1.82, 2.24) is 4.31 Å². The summed E-state index contributed by atoms with van der Waals surface area (Å²) in [6.45, 7) is 2.67. The van der Waals surface area contributed by atoms with Crippen LogP contribution in [0.2, 0.25) is 0 Å². The lowest BCUT2D eigenvalue weighted by Gasteiger charge is -2.24. The van der Waals surface area contributed by atoms with Crippen LogP contribution in [0.3, 0.4) is 0 Å². The van der Waals surface area contributed by atoms with Crippen LogP contribution in [0.5, 0.6) is 0 Å². The first-order chi connectivity index (χ1) is 9.07. The fourth-order valence-electron chi connectivity index (χ4n) is 2.65. The highest BCUT2D eigenvalue weighted by Crippen LogP contribution is 2.30. The number of rotatable bonds is 5. The molecule has 0 amide bonds. The quantitative estimate of drug-likeness (QED) is 0.903. The Hall–Kier alpha value is -1.07. The van der Waals surface area contributed by atoms with Crippen LogP contribution >= 0.6 is 0 Å². The van der Waals surface area contributed by atoms with E-state index in [-0.39, 0.29) is 6.04 Å². The molecule has 0 aliphatic heterocycles. The minimum absolute atomic E-state index is 0.152. The summed E-state index contributed by atoms with van der Waals surface area (Å²) in [7, 11) is -1.70. The predicted octanol–water partition coefficient (Wildman–Crippen LogP) is 2.68. The molecule has 1 aromatic rings. The van der Waals surface area contributed by atoms with Crippen LogP contribution in [-0.2, 0) is 10.0 Å². The molecule has 0 bridgehead atoms. The van der Waals surface area contributed by atoms with E-state index in [0.29, 0.717) is 17.1 Å². The van der Waals surface area contributed by atoms with Gasteiger partial charge in [-0.3, -0.25) is 0 Å². The third-order valence-electron chi connectivity index (χ3n) is 3.75. The van der Waals surface area contributed by atoms with E-state index in [9.17, 15) is 8.42 Å². The monoisotopic (exact) mass is 282 g/mol. The van der Waals surface area contributed by atoms with Crippen molar-refractivity contribution in [2.24, 2.45) is 0 Å². The molecule has 19 heavy (non-hydrogen) atoms. The first-order valence-corrected chi connectivity index (χ1v) is 8.32. The molecule has 2 rings (SSSR count). The molecule has 4 nitrogen and oxygen atoms in total. The van der Waals surface area contributed by atoms with E-state index >= 15 is 0 Å². The summed E-state index contributed by atoms with van der Waals surface area (Å²) in [6, 6.07) is 7.28. The summed E-state index contributed by atoms with van der Waals surface area (Å²) in [6.07, 6.45) is 4.19. The number of hydrogen-bond donors (Lipinski definition) is 1. The number of para-hydroxylation sites is 1. The van der Waals surface area contributed by atoms with Crippen LogP contribution in [-0.4, -0.2) is 32.4 Å². The molecule has 1 aromatic carbocycles. The molecule has 0 radical (unpaired) electrons. The van der Waals surface area contributed by atoms with Crippen LogP contribution in [0.4, 0.5) is 5.69 Å². The van der Waals surface area contributed by atoms with Crippen molar-refractivity contribution < 1.29 is 8.42 Å². The third kappa shape index (κ3) is 2.92. The summed E-state index contributed by atoms with van der Waals surface area (Å²) in [5.74, 6) is 0. The van der Waals surface area contributed by atoms with Gasteiger partial charge in [0.2, 0.25) is 10.0 Å². The van der Waals surface area contributed by atoms with E-state index in [1.54, 1.807) is 23.5 Å². The Morgan fingerprint density at radius 1 is 1.26 bits per heavy atom. The molecule has 0 aromatic heterocycles. The molecule has 1 aliphatic rings. The van der Waals surface area contributed by atoms with Gasteiger partial charge in [-0.15, -0.1) is 0 Å². The maximum atomic E-state index is 12.7. The number of benzene rings is 1. The molecular formula is C14H22N2O2S. The van der Waals surface area contributed by atoms with Crippen LogP contribution in [0, 0.1) is 0 Å². The molecule has 0 saturated heterocycles. The Bertz CT molecular complexity index is 522. The van der Waals surface area contributed by atoms with Crippen molar-refractivity contribution in [3.05, 3.63) is 24.3 Å². The lowest BCUT2D eigenvalue weighted by Crippen LogP contribution is -2.35. The second kappa shape index (κ2) is 5.92. The molecule has 0 unspecified atom stereocenters. The average Bonchev–Trinajstić information content (AvgIpc) is 2.92. The first kappa shape index (κ1) is 14.3. The van der Waals surface area contributed by atoms with Gasteiger partial charge < -0.3 is 5.32 Å². The topological polar surface area (TPSA) is 49.4 Å². The van der Waals surface area contributed by atoms with Crippen molar-refractivity contribution in [3.8, 4) is 0 Å². The van der Waals surface area contributed by atoms with E-state index in [2.05, 4.69) is 5.32 Å². The van der Waals surface area contributed by atoms with Crippen molar-refractivity contribution in [1.29, 1.82) is 0 Å². The van der Waals surface area contributed by atoms with Gasteiger partial charge in [0, 0.05) is 19.6 Å². The highest BCUT2D eigenvalue weighted by atomic mass is 32.2. The molecule has 1 N–H and O–H groups in total. The summed E-state index contributed by atoms with van der Waals surface area (Å²) in [5.41, 5.74) is 0.690. The standard InChI is InChI=1S/C14H22N2O2S/c1-3-15-13-10-6-7-11-14(13)19(17,18)16(2)12-8-4-5-9-12/h6-7,10-12,15H,3-5,8-9H2,1-2H3. The molecule has 1 saturated carbocycles. The van der Waals surface area contributed by atoms with E-state index < -0.39 is 10.0 Å². The molecule has 0 spiro atoms. The summed E-state index contributed by atoms with van der Waals surface area (Å²) in [4.78, 5) is 0.381. The Balaban J connectivity index is 2.33. The fraction of sp³-hybridized carbons (Fsp3) is 0.571. The zero-order valence-corrected chi connectivity index (χ0v) is 12.4. The van der Waals surface area contributed by atoms with Crippen LogP contribution < -0.4 is 5.32 Å². The SMILES string of the molecule is CCNc1ccccc1S(=O)(=O)N(C)C1CCCC1. The normalized spacial score (nSPS) is 17.0. The summed E-state index contributed by atoms with van der Waals surface area (Å²) >= 11 is 0. The molecule has 5 heteroatoms. The fourth-order valence-corrected chi connectivity index (χ4v) is 4.23. The average molecular weight is 282 g/mol. The van der Waals surface area contributed by atoms with E-state index in [0.717, 1.165) is 25.7 Å². The zero-order valence-electron chi connectivity index (χ0n) is 11.6. The molecule has 106 valence electrons. The van der Waals surface area contributed by atoms with E-state index in [1.807, 2.05) is 19.1 Å². The van der Waals surface area contributed by atoms with Crippen LogP contribution in [0.25, 0.3) is 0 Å². The molecule has 1 aliphatic carbocycles. The predicted molar refractivity (Wildman–Crippen MR) is 77.8 cm³/mol. The van der Waals surface area contributed by atoms with E-state index in [1.165, 1.54) is 0 Å². The van der Waals surface area contributed by atoms with Crippen molar-refractivity contribution in [2.75, 3.05) is 18.9 Å². The largest absolute Gasteiger partial charge is 0.384 e. The zero-order chi connectivity index (χ0) is 13.9. The van der Waals surface area contributed by atoms with Crippen molar-refractivity contribution >= 4 is 15.7 Å². The maximum absolute atomic E-state index is 12.7.